The smallest absolute Gasteiger partial charge is 0.0483 e. The summed E-state index contributed by atoms with van der Waals surface area (Å²) in [5.74, 6) is 0. The Morgan fingerprint density at radius 3 is 2.95 bits per heavy atom. The van der Waals surface area contributed by atoms with Gasteiger partial charge in [-0.05, 0) is 50.3 Å². The highest BCUT2D eigenvalue weighted by Gasteiger charge is 2.19. The van der Waals surface area contributed by atoms with E-state index >= 15 is 0 Å². The number of aromatic nitrogens is 1. The van der Waals surface area contributed by atoms with Gasteiger partial charge in [-0.15, -0.1) is 6.58 Å². The third kappa shape index (κ3) is 3.13. The molecule has 1 fully saturated rings. The first kappa shape index (κ1) is 13.4. The first-order chi connectivity index (χ1) is 9.88. The first-order valence-corrected chi connectivity index (χ1v) is 7.79. The second kappa shape index (κ2) is 6.27. The van der Waals surface area contributed by atoms with E-state index in [1.165, 1.54) is 42.1 Å². The Kier molecular flexibility index (Phi) is 4.22. The average molecular weight is 268 g/mol. The van der Waals surface area contributed by atoms with Crippen molar-refractivity contribution in [2.45, 2.75) is 44.7 Å². The molecule has 1 saturated carbocycles. The van der Waals surface area contributed by atoms with Crippen molar-refractivity contribution in [1.82, 2.24) is 9.88 Å². The molecule has 1 aliphatic carbocycles. The number of benzene rings is 1. The van der Waals surface area contributed by atoms with Crippen LogP contribution in [0, 0.1) is 0 Å². The molecule has 1 heterocycles. The zero-order valence-electron chi connectivity index (χ0n) is 12.1. The summed E-state index contributed by atoms with van der Waals surface area (Å²) >= 11 is 0. The van der Waals surface area contributed by atoms with Crippen LogP contribution in [0.5, 0.6) is 0 Å². The van der Waals surface area contributed by atoms with E-state index in [2.05, 4.69) is 46.9 Å². The Labute approximate surface area is 121 Å². The molecule has 0 bridgehead atoms. The number of rotatable bonds is 8. The lowest BCUT2D eigenvalue weighted by Gasteiger charge is -2.02. The molecule has 0 aliphatic heterocycles. The summed E-state index contributed by atoms with van der Waals surface area (Å²) < 4.78 is 2.38. The van der Waals surface area contributed by atoms with Crippen LogP contribution in [0.3, 0.4) is 0 Å². The molecule has 0 unspecified atom stereocenters. The van der Waals surface area contributed by atoms with Crippen molar-refractivity contribution in [3.8, 4) is 0 Å². The third-order valence-corrected chi connectivity index (χ3v) is 4.08. The topological polar surface area (TPSA) is 17.0 Å². The summed E-state index contributed by atoms with van der Waals surface area (Å²) in [6.45, 7) is 6.01. The van der Waals surface area contributed by atoms with Gasteiger partial charge in [0, 0.05) is 29.7 Å². The number of hydrogen-bond acceptors (Lipinski definition) is 1. The van der Waals surface area contributed by atoms with Crippen LogP contribution >= 0.6 is 0 Å². The summed E-state index contributed by atoms with van der Waals surface area (Å²) in [6.07, 6.45) is 10.5. The minimum Gasteiger partial charge on any atom is -0.347 e. The Hall–Kier alpha value is -1.54. The maximum absolute atomic E-state index is 3.82. The van der Waals surface area contributed by atoms with Crippen LogP contribution in [0.2, 0.25) is 0 Å². The SMILES string of the molecule is C=CCCn1cc(CCCNC2CC2)c2ccccc21. The number of nitrogens with zero attached hydrogens (tertiary/aromatic N) is 1. The molecule has 2 heteroatoms. The van der Waals surface area contributed by atoms with Gasteiger partial charge in [-0.1, -0.05) is 24.3 Å². The second-order valence-electron chi connectivity index (χ2n) is 5.77. The van der Waals surface area contributed by atoms with E-state index in [1.807, 2.05) is 6.08 Å². The number of aryl methyl sites for hydroxylation is 2. The van der Waals surface area contributed by atoms with Crippen molar-refractivity contribution >= 4 is 10.9 Å². The maximum atomic E-state index is 3.82. The van der Waals surface area contributed by atoms with E-state index in [0.29, 0.717) is 0 Å². The van der Waals surface area contributed by atoms with Crippen LogP contribution in [0.25, 0.3) is 10.9 Å². The van der Waals surface area contributed by atoms with Crippen molar-refractivity contribution in [3.05, 3.63) is 48.7 Å². The van der Waals surface area contributed by atoms with Gasteiger partial charge in [-0.3, -0.25) is 0 Å². The molecule has 1 aromatic carbocycles. The molecule has 1 N–H and O–H groups in total. The van der Waals surface area contributed by atoms with Gasteiger partial charge in [-0.25, -0.2) is 0 Å². The summed E-state index contributed by atoms with van der Waals surface area (Å²) in [5, 5.41) is 5.02. The van der Waals surface area contributed by atoms with E-state index in [0.717, 1.165) is 25.6 Å². The van der Waals surface area contributed by atoms with Gasteiger partial charge in [0.25, 0.3) is 0 Å². The molecule has 1 aromatic heterocycles. The maximum Gasteiger partial charge on any atom is 0.0483 e. The van der Waals surface area contributed by atoms with Crippen LogP contribution < -0.4 is 5.32 Å². The van der Waals surface area contributed by atoms with Gasteiger partial charge in [0.15, 0.2) is 0 Å². The van der Waals surface area contributed by atoms with Gasteiger partial charge in [0.05, 0.1) is 0 Å². The fraction of sp³-hybridized carbons (Fsp3) is 0.444. The van der Waals surface area contributed by atoms with Crippen LogP contribution in [0.15, 0.2) is 43.1 Å². The number of allylic oxidation sites excluding steroid dienone is 1. The molecule has 0 amide bonds. The lowest BCUT2D eigenvalue weighted by Crippen LogP contribution is -2.17. The summed E-state index contributed by atoms with van der Waals surface area (Å²) in [4.78, 5) is 0. The van der Waals surface area contributed by atoms with Gasteiger partial charge < -0.3 is 9.88 Å². The predicted octanol–water partition coefficient (Wildman–Crippen LogP) is 3.90. The predicted molar refractivity (Wildman–Crippen MR) is 86.1 cm³/mol. The fourth-order valence-corrected chi connectivity index (χ4v) is 2.81. The van der Waals surface area contributed by atoms with Gasteiger partial charge in [0.2, 0.25) is 0 Å². The molecule has 0 atom stereocenters. The van der Waals surface area contributed by atoms with E-state index in [1.54, 1.807) is 0 Å². The Bertz CT molecular complexity index is 578. The first-order valence-electron chi connectivity index (χ1n) is 7.79. The zero-order chi connectivity index (χ0) is 13.8. The van der Waals surface area contributed by atoms with E-state index in [4.69, 9.17) is 0 Å². The molecule has 0 radical (unpaired) electrons. The fourth-order valence-electron chi connectivity index (χ4n) is 2.81. The van der Waals surface area contributed by atoms with Crippen molar-refractivity contribution in [1.29, 1.82) is 0 Å². The molecule has 0 spiro atoms. The monoisotopic (exact) mass is 268 g/mol. The Balaban J connectivity index is 1.69. The molecule has 3 rings (SSSR count). The Morgan fingerprint density at radius 1 is 1.30 bits per heavy atom. The van der Waals surface area contributed by atoms with Gasteiger partial charge >= 0.3 is 0 Å². The normalized spacial score (nSPS) is 14.8. The van der Waals surface area contributed by atoms with Crippen molar-refractivity contribution < 1.29 is 0 Å². The summed E-state index contributed by atoms with van der Waals surface area (Å²) in [6, 6.07) is 9.58. The number of para-hydroxylation sites is 1. The van der Waals surface area contributed by atoms with E-state index < -0.39 is 0 Å². The highest BCUT2D eigenvalue weighted by molar-refractivity contribution is 5.83. The third-order valence-electron chi connectivity index (χ3n) is 4.08. The summed E-state index contributed by atoms with van der Waals surface area (Å²) in [5.41, 5.74) is 2.85. The van der Waals surface area contributed by atoms with Crippen LogP contribution in [-0.2, 0) is 13.0 Å². The lowest BCUT2D eigenvalue weighted by atomic mass is 10.1. The van der Waals surface area contributed by atoms with E-state index in [9.17, 15) is 0 Å². The van der Waals surface area contributed by atoms with Crippen molar-refractivity contribution in [3.63, 3.8) is 0 Å². The standard InChI is InChI=1S/C18H24N2/c1-2-3-13-20-14-15(7-6-12-19-16-10-11-16)17-8-4-5-9-18(17)20/h2,4-5,8-9,14,16,19H,1,3,6-7,10-13H2. The molecule has 106 valence electrons. The molecule has 1 aliphatic rings. The quantitative estimate of drug-likeness (QED) is 0.567. The van der Waals surface area contributed by atoms with Crippen LogP contribution in [0.1, 0.15) is 31.2 Å². The highest BCUT2D eigenvalue weighted by Crippen LogP contribution is 2.23. The minimum atomic E-state index is 0.823. The zero-order valence-corrected chi connectivity index (χ0v) is 12.1. The van der Waals surface area contributed by atoms with Crippen molar-refractivity contribution in [2.24, 2.45) is 0 Å². The minimum absolute atomic E-state index is 0.823. The van der Waals surface area contributed by atoms with Crippen molar-refractivity contribution in [2.75, 3.05) is 6.54 Å². The molecular weight excluding hydrogens is 244 g/mol. The molecule has 2 aromatic rings. The average Bonchev–Trinajstić information content (AvgIpc) is 3.24. The molecule has 0 saturated heterocycles. The molecular formula is C18H24N2. The Morgan fingerprint density at radius 2 is 2.15 bits per heavy atom. The van der Waals surface area contributed by atoms with Gasteiger partial charge in [-0.2, -0.15) is 0 Å². The van der Waals surface area contributed by atoms with Crippen LogP contribution in [0.4, 0.5) is 0 Å². The highest BCUT2D eigenvalue weighted by atomic mass is 15.0. The number of hydrogen-bond donors (Lipinski definition) is 1. The van der Waals surface area contributed by atoms with Crippen LogP contribution in [-0.4, -0.2) is 17.2 Å². The van der Waals surface area contributed by atoms with Gasteiger partial charge in [0.1, 0.15) is 0 Å². The largest absolute Gasteiger partial charge is 0.347 e. The number of fused-ring (bicyclic) bond motifs is 1. The second-order valence-corrected chi connectivity index (χ2v) is 5.77. The lowest BCUT2D eigenvalue weighted by molar-refractivity contribution is 0.645. The molecule has 20 heavy (non-hydrogen) atoms. The number of nitrogens with one attached hydrogen (secondary N) is 1. The van der Waals surface area contributed by atoms with E-state index in [-0.39, 0.29) is 0 Å². The summed E-state index contributed by atoms with van der Waals surface area (Å²) in [7, 11) is 0. The molecule has 2 nitrogen and oxygen atoms in total.